The van der Waals surface area contributed by atoms with Crippen LogP contribution in [0.4, 0.5) is 10.5 Å². The van der Waals surface area contributed by atoms with E-state index in [1.165, 1.54) is 11.6 Å². The van der Waals surface area contributed by atoms with Gasteiger partial charge in [0.15, 0.2) is 0 Å². The Morgan fingerprint density at radius 2 is 2.00 bits per heavy atom. The quantitative estimate of drug-likeness (QED) is 0.626. The van der Waals surface area contributed by atoms with E-state index >= 15 is 0 Å². The number of anilines is 1. The molecule has 156 valence electrons. The number of likely N-dealkylation sites (tertiary alicyclic amines) is 1. The van der Waals surface area contributed by atoms with Crippen LogP contribution in [0.3, 0.4) is 0 Å². The first-order valence-corrected chi connectivity index (χ1v) is 10.4. The van der Waals surface area contributed by atoms with Crippen LogP contribution in [0.5, 0.6) is 0 Å². The third kappa shape index (κ3) is 5.07. The summed E-state index contributed by atoms with van der Waals surface area (Å²) < 4.78 is 5.25. The molecule has 2 amide bonds. The van der Waals surface area contributed by atoms with Gasteiger partial charge in [0.2, 0.25) is 0 Å². The average Bonchev–Trinajstić information content (AvgIpc) is 2.73. The molecule has 3 aromatic rings. The minimum atomic E-state index is -0.390. The fourth-order valence-electron chi connectivity index (χ4n) is 4.12. The summed E-state index contributed by atoms with van der Waals surface area (Å²) >= 11 is 0. The van der Waals surface area contributed by atoms with Gasteiger partial charge in [-0.25, -0.2) is 9.59 Å². The monoisotopic (exact) mass is 405 g/mol. The van der Waals surface area contributed by atoms with Crippen LogP contribution in [0.25, 0.3) is 11.0 Å². The van der Waals surface area contributed by atoms with Crippen molar-refractivity contribution in [2.24, 2.45) is 5.92 Å². The second-order valence-electron chi connectivity index (χ2n) is 8.02. The van der Waals surface area contributed by atoms with E-state index in [0.29, 0.717) is 23.7 Å². The topological polar surface area (TPSA) is 74.6 Å². The van der Waals surface area contributed by atoms with Crippen LogP contribution in [0.15, 0.2) is 63.8 Å². The molecule has 0 radical (unpaired) electrons. The van der Waals surface area contributed by atoms with Crippen LogP contribution in [0.1, 0.15) is 24.0 Å². The van der Waals surface area contributed by atoms with Crippen molar-refractivity contribution in [2.75, 3.05) is 25.0 Å². The Kier molecular flexibility index (Phi) is 6.14. The smallest absolute Gasteiger partial charge is 0.336 e. The first-order chi connectivity index (χ1) is 14.6. The van der Waals surface area contributed by atoms with Crippen LogP contribution in [0, 0.1) is 12.8 Å². The van der Waals surface area contributed by atoms with Crippen molar-refractivity contribution in [3.63, 3.8) is 0 Å². The molecule has 6 heteroatoms. The molecule has 1 aliphatic rings. The van der Waals surface area contributed by atoms with Gasteiger partial charge >= 0.3 is 11.7 Å². The highest BCUT2D eigenvalue weighted by Gasteiger charge is 2.20. The highest BCUT2D eigenvalue weighted by atomic mass is 16.4. The van der Waals surface area contributed by atoms with Crippen molar-refractivity contribution in [1.82, 2.24) is 10.2 Å². The average molecular weight is 405 g/mol. The van der Waals surface area contributed by atoms with E-state index < -0.39 is 0 Å². The molecule has 0 spiro atoms. The molecule has 1 aliphatic heterocycles. The van der Waals surface area contributed by atoms with E-state index in [1.54, 1.807) is 6.07 Å². The van der Waals surface area contributed by atoms with E-state index in [0.717, 1.165) is 43.4 Å². The number of carbonyl (C=O) groups excluding carboxylic acids is 1. The molecule has 2 heterocycles. The van der Waals surface area contributed by atoms with Crippen LogP contribution in [-0.2, 0) is 6.54 Å². The number of hydrogen-bond acceptors (Lipinski definition) is 4. The zero-order valence-corrected chi connectivity index (χ0v) is 17.2. The minimum Gasteiger partial charge on any atom is -0.423 e. The first kappa shape index (κ1) is 20.2. The number of rotatable bonds is 5. The lowest BCUT2D eigenvalue weighted by Crippen LogP contribution is -2.41. The van der Waals surface area contributed by atoms with Gasteiger partial charge in [-0.1, -0.05) is 30.3 Å². The number of amides is 2. The maximum Gasteiger partial charge on any atom is 0.336 e. The standard InChI is InChI=1S/C24H27N3O3/c1-17-12-23(28)30-22-13-20(9-10-21(17)22)26-24(29)25-14-19-8-5-11-27(16-19)15-18-6-3-2-4-7-18/h2-4,6-7,9-10,12-13,19H,5,8,11,14-16H2,1H3,(H2,25,26,29)/t19-/m1/s1. The lowest BCUT2D eigenvalue weighted by molar-refractivity contribution is 0.166. The largest absolute Gasteiger partial charge is 0.423 e. The molecule has 0 bridgehead atoms. The Labute approximate surface area is 175 Å². The number of urea groups is 1. The number of nitrogens with one attached hydrogen (secondary N) is 2. The molecular weight excluding hydrogens is 378 g/mol. The number of carbonyl (C=O) groups is 1. The van der Waals surface area contributed by atoms with Crippen molar-refractivity contribution in [3.8, 4) is 0 Å². The zero-order chi connectivity index (χ0) is 20.9. The third-order valence-corrected chi connectivity index (χ3v) is 5.61. The van der Waals surface area contributed by atoms with Gasteiger partial charge < -0.3 is 15.1 Å². The molecular formula is C24H27N3O3. The van der Waals surface area contributed by atoms with E-state index in [2.05, 4.69) is 39.8 Å². The molecule has 1 saturated heterocycles. The Balaban J connectivity index is 1.30. The summed E-state index contributed by atoms with van der Waals surface area (Å²) in [6, 6.07) is 17.1. The summed E-state index contributed by atoms with van der Waals surface area (Å²) in [6.07, 6.45) is 2.26. The predicted octanol–water partition coefficient (Wildman–Crippen LogP) is 4.14. The molecule has 1 aromatic heterocycles. The molecule has 1 atom stereocenters. The number of hydrogen-bond donors (Lipinski definition) is 2. The van der Waals surface area contributed by atoms with Crippen molar-refractivity contribution in [1.29, 1.82) is 0 Å². The number of piperidine rings is 1. The molecule has 0 saturated carbocycles. The molecule has 0 unspecified atom stereocenters. The first-order valence-electron chi connectivity index (χ1n) is 10.4. The summed E-state index contributed by atoms with van der Waals surface area (Å²) in [5.74, 6) is 0.436. The van der Waals surface area contributed by atoms with Gasteiger partial charge in [-0.15, -0.1) is 0 Å². The van der Waals surface area contributed by atoms with Gasteiger partial charge in [-0.05, 0) is 55.5 Å². The van der Waals surface area contributed by atoms with E-state index in [-0.39, 0.29) is 11.7 Å². The van der Waals surface area contributed by atoms with Crippen LogP contribution >= 0.6 is 0 Å². The molecule has 6 nitrogen and oxygen atoms in total. The van der Waals surface area contributed by atoms with Gasteiger partial charge in [0, 0.05) is 42.8 Å². The predicted molar refractivity (Wildman–Crippen MR) is 119 cm³/mol. The van der Waals surface area contributed by atoms with Crippen molar-refractivity contribution in [3.05, 3.63) is 76.1 Å². The highest BCUT2D eigenvalue weighted by molar-refractivity contribution is 5.92. The SMILES string of the molecule is Cc1cc(=O)oc2cc(NC(=O)NC[C@H]3CCCN(Cc4ccccc4)C3)ccc12. The molecule has 0 aliphatic carbocycles. The lowest BCUT2D eigenvalue weighted by atomic mass is 9.97. The second-order valence-corrected chi connectivity index (χ2v) is 8.02. The van der Waals surface area contributed by atoms with Crippen LogP contribution in [-0.4, -0.2) is 30.6 Å². The van der Waals surface area contributed by atoms with Crippen molar-refractivity contribution in [2.45, 2.75) is 26.3 Å². The van der Waals surface area contributed by atoms with Crippen LogP contribution < -0.4 is 16.3 Å². The normalized spacial score (nSPS) is 17.0. The van der Waals surface area contributed by atoms with Crippen molar-refractivity contribution >= 4 is 22.7 Å². The van der Waals surface area contributed by atoms with E-state index in [9.17, 15) is 9.59 Å². The Morgan fingerprint density at radius 1 is 1.17 bits per heavy atom. The number of benzene rings is 2. The zero-order valence-electron chi connectivity index (χ0n) is 17.2. The van der Waals surface area contributed by atoms with Crippen molar-refractivity contribution < 1.29 is 9.21 Å². The van der Waals surface area contributed by atoms with Gasteiger partial charge in [0.05, 0.1) is 0 Å². The maximum absolute atomic E-state index is 12.4. The van der Waals surface area contributed by atoms with Crippen LogP contribution in [0.2, 0.25) is 0 Å². The number of fused-ring (bicyclic) bond motifs is 1. The van der Waals surface area contributed by atoms with E-state index in [4.69, 9.17) is 4.42 Å². The molecule has 4 rings (SSSR count). The molecule has 1 fully saturated rings. The Morgan fingerprint density at radius 3 is 2.83 bits per heavy atom. The summed E-state index contributed by atoms with van der Waals surface area (Å²) in [6.45, 7) is 5.53. The Bertz CT molecular complexity index is 1080. The summed E-state index contributed by atoms with van der Waals surface area (Å²) in [4.78, 5) is 26.4. The van der Waals surface area contributed by atoms with E-state index in [1.807, 2.05) is 25.1 Å². The van der Waals surface area contributed by atoms with Gasteiger partial charge in [-0.2, -0.15) is 0 Å². The highest BCUT2D eigenvalue weighted by Crippen LogP contribution is 2.21. The van der Waals surface area contributed by atoms with Gasteiger partial charge in [-0.3, -0.25) is 4.90 Å². The number of aryl methyl sites for hydroxylation is 1. The maximum atomic E-state index is 12.4. The van der Waals surface area contributed by atoms with Gasteiger partial charge in [0.25, 0.3) is 0 Å². The van der Waals surface area contributed by atoms with Gasteiger partial charge in [0.1, 0.15) is 5.58 Å². The second kappa shape index (κ2) is 9.13. The fourth-order valence-corrected chi connectivity index (χ4v) is 4.12. The molecule has 2 N–H and O–H groups in total. The summed E-state index contributed by atoms with van der Waals surface area (Å²) in [5.41, 5.74) is 2.86. The minimum absolute atomic E-state index is 0.246. The summed E-state index contributed by atoms with van der Waals surface area (Å²) in [5, 5.41) is 6.69. The fraction of sp³-hybridized carbons (Fsp3) is 0.333. The molecule has 30 heavy (non-hydrogen) atoms. The lowest BCUT2D eigenvalue weighted by Gasteiger charge is -2.32. The third-order valence-electron chi connectivity index (χ3n) is 5.61. The number of nitrogens with zero attached hydrogens (tertiary/aromatic N) is 1. The Hall–Kier alpha value is -3.12. The molecule has 2 aromatic carbocycles. The summed E-state index contributed by atoms with van der Waals surface area (Å²) in [7, 11) is 0.